The number of fused-ring (bicyclic) bond motifs is 1. The van der Waals surface area contributed by atoms with Crippen LogP contribution in [0.3, 0.4) is 0 Å². The average molecular weight is 240 g/mol. The molecule has 1 N–H and O–H groups in total. The van der Waals surface area contributed by atoms with Gasteiger partial charge < -0.3 is 4.98 Å². The fourth-order valence-electron chi connectivity index (χ4n) is 1.24. The second kappa shape index (κ2) is 4.47. The summed E-state index contributed by atoms with van der Waals surface area (Å²) in [5.74, 6) is 0. The Morgan fingerprint density at radius 1 is 1.15 bits per heavy atom. The van der Waals surface area contributed by atoms with Crippen molar-refractivity contribution in [1.29, 1.82) is 0 Å². The fourth-order valence-corrected chi connectivity index (χ4v) is 1.69. The molecule has 0 amide bonds. The smallest absolute Gasteiger partial charge is 0.0467 e. The highest BCUT2D eigenvalue weighted by Gasteiger charge is 2.02. The largest absolute Gasteiger partial charge is 0.358 e. The molecule has 1 aromatic carbocycles. The third-order valence-corrected chi connectivity index (χ3v) is 2.84. The van der Waals surface area contributed by atoms with Gasteiger partial charge in [0, 0.05) is 21.1 Å². The molecular weight excluding hydrogens is 226 g/mol. The molecule has 2 aromatic rings. The van der Waals surface area contributed by atoms with Gasteiger partial charge in [0.15, 0.2) is 0 Å². The molecule has 0 saturated carbocycles. The van der Waals surface area contributed by atoms with Crippen molar-refractivity contribution in [3.63, 3.8) is 0 Å². The van der Waals surface area contributed by atoms with Crippen LogP contribution in [-0.2, 0) is 0 Å². The zero-order valence-corrected chi connectivity index (χ0v) is 9.77. The van der Waals surface area contributed by atoms with Crippen molar-refractivity contribution < 1.29 is 0 Å². The molecule has 0 fully saturated rings. The molecule has 2 heteroatoms. The lowest BCUT2D eigenvalue weighted by Gasteiger charge is -1.86. The number of hydrogen-bond donors (Lipinski definition) is 1. The first-order valence-electron chi connectivity index (χ1n) is 4.52. The number of nitrogens with one attached hydrogen (secondary N) is 1. The second-order valence-electron chi connectivity index (χ2n) is 2.61. The summed E-state index contributed by atoms with van der Waals surface area (Å²) in [4.78, 5) is 3.28. The van der Waals surface area contributed by atoms with E-state index in [0.717, 1.165) is 0 Å². The Labute approximate surface area is 87.3 Å². The van der Waals surface area contributed by atoms with Gasteiger partial charge in [-0.05, 0) is 28.9 Å². The van der Waals surface area contributed by atoms with Gasteiger partial charge in [0.05, 0.1) is 0 Å². The minimum absolute atomic E-state index is 1.17. The summed E-state index contributed by atoms with van der Waals surface area (Å²) < 4.78 is 1.17. The predicted octanol–water partition coefficient (Wildman–Crippen LogP) is 4.27. The van der Waals surface area contributed by atoms with Crippen LogP contribution in [0.5, 0.6) is 0 Å². The van der Waals surface area contributed by atoms with Gasteiger partial charge in [-0.2, -0.15) is 0 Å². The lowest BCUT2D eigenvalue weighted by molar-refractivity contribution is 1.29. The van der Waals surface area contributed by atoms with Gasteiger partial charge in [-0.1, -0.05) is 32.0 Å². The molecular formula is C11H14BrN. The zero-order chi connectivity index (χ0) is 9.84. The van der Waals surface area contributed by atoms with Crippen molar-refractivity contribution in [2.45, 2.75) is 20.8 Å². The topological polar surface area (TPSA) is 15.8 Å². The van der Waals surface area contributed by atoms with E-state index in [-0.39, 0.29) is 0 Å². The third-order valence-electron chi connectivity index (χ3n) is 1.81. The molecule has 0 aliphatic carbocycles. The number of halogens is 1. The Kier molecular flexibility index (Phi) is 3.55. The Hall–Kier alpha value is -0.760. The Morgan fingerprint density at radius 2 is 1.77 bits per heavy atom. The number of aryl methyl sites for hydroxylation is 1. The molecule has 0 unspecified atom stereocenters. The SMILES string of the molecule is CC.Cc1[nH]c2ccccc2c1Br. The maximum Gasteiger partial charge on any atom is 0.0467 e. The van der Waals surface area contributed by atoms with Crippen LogP contribution < -0.4 is 0 Å². The monoisotopic (exact) mass is 239 g/mol. The lowest BCUT2D eigenvalue weighted by Crippen LogP contribution is -1.66. The number of hydrogen-bond acceptors (Lipinski definition) is 0. The first kappa shape index (κ1) is 10.3. The zero-order valence-electron chi connectivity index (χ0n) is 8.19. The van der Waals surface area contributed by atoms with Crippen LogP contribution in [0.4, 0.5) is 0 Å². The minimum atomic E-state index is 1.17. The molecule has 0 saturated heterocycles. The van der Waals surface area contributed by atoms with Gasteiger partial charge in [0.2, 0.25) is 0 Å². The van der Waals surface area contributed by atoms with E-state index in [0.29, 0.717) is 0 Å². The minimum Gasteiger partial charge on any atom is -0.358 e. The van der Waals surface area contributed by atoms with E-state index in [4.69, 9.17) is 0 Å². The van der Waals surface area contributed by atoms with Crippen molar-refractivity contribution >= 4 is 26.8 Å². The maximum atomic E-state index is 3.52. The van der Waals surface area contributed by atoms with Crippen LogP contribution in [0, 0.1) is 6.92 Å². The van der Waals surface area contributed by atoms with Crippen LogP contribution >= 0.6 is 15.9 Å². The van der Waals surface area contributed by atoms with Crippen molar-refractivity contribution in [1.82, 2.24) is 4.98 Å². The van der Waals surface area contributed by atoms with Crippen LogP contribution in [-0.4, -0.2) is 4.98 Å². The number of H-pyrrole nitrogens is 1. The van der Waals surface area contributed by atoms with Gasteiger partial charge in [0.25, 0.3) is 0 Å². The molecule has 0 aliphatic heterocycles. The number of aromatic amines is 1. The van der Waals surface area contributed by atoms with Crippen LogP contribution in [0.15, 0.2) is 28.7 Å². The van der Waals surface area contributed by atoms with E-state index in [2.05, 4.69) is 40.0 Å². The summed E-state index contributed by atoms with van der Waals surface area (Å²) in [6, 6.07) is 8.25. The van der Waals surface area contributed by atoms with Crippen LogP contribution in [0.1, 0.15) is 19.5 Å². The Balaban J connectivity index is 0.000000396. The van der Waals surface area contributed by atoms with Gasteiger partial charge in [-0.25, -0.2) is 0 Å². The number of para-hydroxylation sites is 1. The normalized spacial score (nSPS) is 9.54. The highest BCUT2D eigenvalue weighted by Crippen LogP contribution is 2.26. The van der Waals surface area contributed by atoms with Crippen molar-refractivity contribution in [3.05, 3.63) is 34.4 Å². The fraction of sp³-hybridized carbons (Fsp3) is 0.273. The molecule has 2 rings (SSSR count). The Bertz CT molecular complexity index is 390. The molecule has 0 atom stereocenters. The molecule has 1 heterocycles. The summed E-state index contributed by atoms with van der Waals surface area (Å²) in [6.45, 7) is 6.06. The van der Waals surface area contributed by atoms with Gasteiger partial charge in [-0.15, -0.1) is 0 Å². The molecule has 13 heavy (non-hydrogen) atoms. The molecule has 0 spiro atoms. The van der Waals surface area contributed by atoms with E-state index < -0.39 is 0 Å². The maximum absolute atomic E-state index is 3.52. The first-order valence-corrected chi connectivity index (χ1v) is 5.31. The standard InChI is InChI=1S/C9H8BrN.C2H6/c1-6-9(10)7-4-2-3-5-8(7)11-6;1-2/h2-5,11H,1H3;1-2H3. The number of rotatable bonds is 0. The Morgan fingerprint density at radius 3 is 2.38 bits per heavy atom. The molecule has 0 radical (unpaired) electrons. The lowest BCUT2D eigenvalue weighted by atomic mass is 10.2. The van der Waals surface area contributed by atoms with Crippen molar-refractivity contribution in [3.8, 4) is 0 Å². The number of aromatic nitrogens is 1. The van der Waals surface area contributed by atoms with Crippen molar-refractivity contribution in [2.75, 3.05) is 0 Å². The summed E-state index contributed by atoms with van der Waals surface area (Å²) >= 11 is 3.52. The first-order chi connectivity index (χ1) is 6.29. The summed E-state index contributed by atoms with van der Waals surface area (Å²) in [7, 11) is 0. The summed E-state index contributed by atoms with van der Waals surface area (Å²) in [6.07, 6.45) is 0. The van der Waals surface area contributed by atoms with E-state index in [9.17, 15) is 0 Å². The van der Waals surface area contributed by atoms with E-state index in [1.807, 2.05) is 26.0 Å². The molecule has 0 bridgehead atoms. The van der Waals surface area contributed by atoms with E-state index in [1.165, 1.54) is 21.1 Å². The molecule has 70 valence electrons. The van der Waals surface area contributed by atoms with E-state index >= 15 is 0 Å². The van der Waals surface area contributed by atoms with Crippen LogP contribution in [0.2, 0.25) is 0 Å². The van der Waals surface area contributed by atoms with Gasteiger partial charge in [-0.3, -0.25) is 0 Å². The van der Waals surface area contributed by atoms with Gasteiger partial charge >= 0.3 is 0 Å². The van der Waals surface area contributed by atoms with E-state index in [1.54, 1.807) is 0 Å². The summed E-state index contributed by atoms with van der Waals surface area (Å²) in [5, 5.41) is 1.25. The third kappa shape index (κ3) is 1.94. The predicted molar refractivity (Wildman–Crippen MR) is 62.1 cm³/mol. The highest BCUT2D eigenvalue weighted by molar-refractivity contribution is 9.10. The second-order valence-corrected chi connectivity index (χ2v) is 3.40. The summed E-state index contributed by atoms with van der Waals surface area (Å²) in [5.41, 5.74) is 2.38. The average Bonchev–Trinajstić information content (AvgIpc) is 2.47. The van der Waals surface area contributed by atoms with Gasteiger partial charge in [0.1, 0.15) is 0 Å². The quantitative estimate of drug-likeness (QED) is 0.707. The van der Waals surface area contributed by atoms with Crippen molar-refractivity contribution in [2.24, 2.45) is 0 Å². The molecule has 1 aromatic heterocycles. The number of benzene rings is 1. The molecule has 1 nitrogen and oxygen atoms in total. The highest BCUT2D eigenvalue weighted by atomic mass is 79.9. The van der Waals surface area contributed by atoms with Crippen LogP contribution in [0.25, 0.3) is 10.9 Å². The molecule has 0 aliphatic rings.